The zero-order valence-electron chi connectivity index (χ0n) is 14.8. The van der Waals surface area contributed by atoms with E-state index in [0.29, 0.717) is 31.9 Å². The Morgan fingerprint density at radius 2 is 1.77 bits per heavy atom. The number of rotatable bonds is 4. The molecule has 0 saturated carbocycles. The van der Waals surface area contributed by atoms with Crippen LogP contribution in [-0.4, -0.2) is 61.7 Å². The Hall–Kier alpha value is -2.29. The Kier molecular flexibility index (Phi) is 5.36. The molecule has 138 valence electrons. The van der Waals surface area contributed by atoms with Gasteiger partial charge in [0, 0.05) is 37.6 Å². The minimum atomic E-state index is -3.58. The highest BCUT2D eigenvalue weighted by Gasteiger charge is 2.27. The summed E-state index contributed by atoms with van der Waals surface area (Å²) in [5, 5.41) is 2.72. The van der Waals surface area contributed by atoms with Crippen LogP contribution < -0.4 is 5.32 Å². The van der Waals surface area contributed by atoms with Gasteiger partial charge in [-0.2, -0.15) is 4.31 Å². The molecular weight excluding hydrogens is 352 g/mol. The molecule has 0 unspecified atom stereocenters. The van der Waals surface area contributed by atoms with Crippen LogP contribution in [0.2, 0.25) is 0 Å². The maximum atomic E-state index is 12.8. The summed E-state index contributed by atoms with van der Waals surface area (Å²) in [4.78, 5) is 18.8. The fourth-order valence-electron chi connectivity index (χ4n) is 2.78. The van der Waals surface area contributed by atoms with Crippen molar-refractivity contribution in [1.29, 1.82) is 0 Å². The van der Waals surface area contributed by atoms with Gasteiger partial charge in [0.15, 0.2) is 0 Å². The highest BCUT2D eigenvalue weighted by atomic mass is 32.2. The molecule has 1 fully saturated rings. The van der Waals surface area contributed by atoms with Gasteiger partial charge in [0.1, 0.15) is 5.69 Å². The van der Waals surface area contributed by atoms with Gasteiger partial charge in [-0.05, 0) is 44.3 Å². The highest BCUT2D eigenvalue weighted by molar-refractivity contribution is 7.89. The fraction of sp³-hybridized carbons (Fsp3) is 0.333. The van der Waals surface area contributed by atoms with Gasteiger partial charge in [-0.1, -0.05) is 12.1 Å². The molecule has 8 heteroatoms. The first-order valence-electron chi connectivity index (χ1n) is 8.40. The Morgan fingerprint density at radius 3 is 2.46 bits per heavy atom. The fourth-order valence-corrected chi connectivity index (χ4v) is 4.25. The van der Waals surface area contributed by atoms with E-state index in [4.69, 9.17) is 0 Å². The summed E-state index contributed by atoms with van der Waals surface area (Å²) in [6.45, 7) is 4.13. The normalized spacial score (nSPS) is 16.4. The SMILES string of the molecule is Cc1cccc(C(=O)Nc2cccc(S(=O)(=O)N3CCN(C)CC3)c2)n1. The number of nitrogens with zero attached hydrogens (tertiary/aromatic N) is 3. The average molecular weight is 374 g/mol. The van der Waals surface area contributed by atoms with Crippen molar-refractivity contribution in [2.45, 2.75) is 11.8 Å². The van der Waals surface area contributed by atoms with E-state index in [0.717, 1.165) is 5.69 Å². The van der Waals surface area contributed by atoms with Crippen molar-refractivity contribution >= 4 is 21.6 Å². The third kappa shape index (κ3) is 4.09. The molecule has 0 atom stereocenters. The van der Waals surface area contributed by atoms with Crippen LogP contribution in [0, 0.1) is 6.92 Å². The summed E-state index contributed by atoms with van der Waals surface area (Å²) in [6.07, 6.45) is 0. The molecular formula is C18H22N4O3S. The van der Waals surface area contributed by atoms with Crippen molar-refractivity contribution in [3.8, 4) is 0 Å². The van der Waals surface area contributed by atoms with Crippen LogP contribution in [-0.2, 0) is 10.0 Å². The lowest BCUT2D eigenvalue weighted by atomic mass is 10.2. The Balaban J connectivity index is 1.78. The second-order valence-electron chi connectivity index (χ2n) is 6.35. The Bertz CT molecular complexity index is 906. The van der Waals surface area contributed by atoms with Crippen molar-refractivity contribution < 1.29 is 13.2 Å². The van der Waals surface area contributed by atoms with E-state index in [-0.39, 0.29) is 16.5 Å². The third-order valence-electron chi connectivity index (χ3n) is 4.31. The van der Waals surface area contributed by atoms with Crippen LogP contribution in [0.1, 0.15) is 16.2 Å². The lowest BCUT2D eigenvalue weighted by molar-refractivity contribution is 0.102. The largest absolute Gasteiger partial charge is 0.321 e. The number of aryl methyl sites for hydroxylation is 1. The predicted molar refractivity (Wildman–Crippen MR) is 99.6 cm³/mol. The van der Waals surface area contributed by atoms with Crippen LogP contribution in [0.3, 0.4) is 0 Å². The van der Waals surface area contributed by atoms with Crippen molar-refractivity contribution in [3.63, 3.8) is 0 Å². The summed E-state index contributed by atoms with van der Waals surface area (Å²) >= 11 is 0. The minimum Gasteiger partial charge on any atom is -0.321 e. The number of benzene rings is 1. The number of carbonyl (C=O) groups excluding carboxylic acids is 1. The molecule has 1 aromatic heterocycles. The van der Waals surface area contributed by atoms with Gasteiger partial charge in [0.2, 0.25) is 10.0 Å². The van der Waals surface area contributed by atoms with E-state index in [1.165, 1.54) is 10.4 Å². The van der Waals surface area contributed by atoms with Crippen LogP contribution in [0.15, 0.2) is 47.4 Å². The highest BCUT2D eigenvalue weighted by Crippen LogP contribution is 2.21. The van der Waals surface area contributed by atoms with Gasteiger partial charge in [0.25, 0.3) is 5.91 Å². The summed E-state index contributed by atoms with van der Waals surface area (Å²) in [6, 6.07) is 11.5. The number of piperazine rings is 1. The number of sulfonamides is 1. The van der Waals surface area contributed by atoms with Crippen LogP contribution in [0.25, 0.3) is 0 Å². The Labute approximate surface area is 153 Å². The molecule has 26 heavy (non-hydrogen) atoms. The summed E-state index contributed by atoms with van der Waals surface area (Å²) in [7, 11) is -1.60. The number of carbonyl (C=O) groups is 1. The molecule has 2 heterocycles. The maximum Gasteiger partial charge on any atom is 0.274 e. The van der Waals surface area contributed by atoms with Crippen LogP contribution in [0.4, 0.5) is 5.69 Å². The van der Waals surface area contributed by atoms with E-state index in [2.05, 4.69) is 15.2 Å². The first-order chi connectivity index (χ1) is 12.4. The summed E-state index contributed by atoms with van der Waals surface area (Å²) in [5.41, 5.74) is 1.45. The average Bonchev–Trinajstić information content (AvgIpc) is 2.62. The van der Waals surface area contributed by atoms with Gasteiger partial charge in [0.05, 0.1) is 4.90 Å². The molecule has 0 radical (unpaired) electrons. The third-order valence-corrected chi connectivity index (χ3v) is 6.21. The molecule has 1 aliphatic rings. The van der Waals surface area contributed by atoms with Crippen molar-refractivity contribution in [3.05, 3.63) is 53.9 Å². The van der Waals surface area contributed by atoms with Gasteiger partial charge in [-0.15, -0.1) is 0 Å². The lowest BCUT2D eigenvalue weighted by Crippen LogP contribution is -2.47. The van der Waals surface area contributed by atoms with Crippen molar-refractivity contribution in [2.75, 3.05) is 38.5 Å². The molecule has 1 amide bonds. The molecule has 0 spiro atoms. The van der Waals surface area contributed by atoms with Crippen molar-refractivity contribution in [2.24, 2.45) is 0 Å². The molecule has 7 nitrogen and oxygen atoms in total. The van der Waals surface area contributed by atoms with E-state index >= 15 is 0 Å². The second kappa shape index (κ2) is 7.53. The first-order valence-corrected chi connectivity index (χ1v) is 9.84. The topological polar surface area (TPSA) is 82.6 Å². The predicted octanol–water partition coefficient (Wildman–Crippen LogP) is 1.58. The van der Waals surface area contributed by atoms with Crippen LogP contribution in [0.5, 0.6) is 0 Å². The molecule has 0 bridgehead atoms. The smallest absolute Gasteiger partial charge is 0.274 e. The van der Waals surface area contributed by atoms with E-state index in [9.17, 15) is 13.2 Å². The number of amides is 1. The maximum absolute atomic E-state index is 12.8. The molecule has 1 saturated heterocycles. The molecule has 1 aliphatic heterocycles. The second-order valence-corrected chi connectivity index (χ2v) is 8.29. The number of pyridine rings is 1. The van der Waals surface area contributed by atoms with Crippen LogP contribution >= 0.6 is 0 Å². The van der Waals surface area contributed by atoms with Crippen molar-refractivity contribution in [1.82, 2.24) is 14.2 Å². The number of anilines is 1. The summed E-state index contributed by atoms with van der Waals surface area (Å²) < 4.78 is 27.1. The van der Waals surface area contributed by atoms with E-state index < -0.39 is 10.0 Å². The van der Waals surface area contributed by atoms with Gasteiger partial charge in [-0.3, -0.25) is 4.79 Å². The van der Waals surface area contributed by atoms with Gasteiger partial charge >= 0.3 is 0 Å². The molecule has 1 aromatic carbocycles. The van der Waals surface area contributed by atoms with E-state index in [1.807, 2.05) is 7.05 Å². The zero-order valence-corrected chi connectivity index (χ0v) is 15.7. The molecule has 3 rings (SSSR count). The monoisotopic (exact) mass is 374 g/mol. The molecule has 0 aliphatic carbocycles. The molecule has 1 N–H and O–H groups in total. The van der Waals surface area contributed by atoms with Gasteiger partial charge in [-0.25, -0.2) is 13.4 Å². The first kappa shape index (κ1) is 18.5. The number of aromatic nitrogens is 1. The number of hydrogen-bond donors (Lipinski definition) is 1. The number of likely N-dealkylation sites (N-methyl/N-ethyl adjacent to an activating group) is 1. The lowest BCUT2D eigenvalue weighted by Gasteiger charge is -2.31. The number of hydrogen-bond acceptors (Lipinski definition) is 5. The zero-order chi connectivity index (χ0) is 18.7. The minimum absolute atomic E-state index is 0.178. The molecule has 2 aromatic rings. The standard InChI is InChI=1S/C18H22N4O3S/c1-14-5-3-8-17(19-14)18(23)20-15-6-4-7-16(13-15)26(24,25)22-11-9-21(2)10-12-22/h3-8,13H,9-12H2,1-2H3,(H,20,23). The summed E-state index contributed by atoms with van der Waals surface area (Å²) in [5.74, 6) is -0.372. The Morgan fingerprint density at radius 1 is 1.08 bits per heavy atom. The van der Waals surface area contributed by atoms with Gasteiger partial charge < -0.3 is 10.2 Å². The van der Waals surface area contributed by atoms with E-state index in [1.54, 1.807) is 43.3 Å². The quantitative estimate of drug-likeness (QED) is 0.879. The number of nitrogens with one attached hydrogen (secondary N) is 1.